The Morgan fingerprint density at radius 2 is 2.04 bits per heavy atom. The van der Waals surface area contributed by atoms with Crippen LogP contribution >= 0.6 is 22.6 Å². The molecule has 1 saturated carbocycles. The molecule has 0 radical (unpaired) electrons. The first kappa shape index (κ1) is 21.0. The second-order valence-electron chi connectivity index (χ2n) is 7.13. The largest absolute Gasteiger partial charge is 0.316 e. The molecule has 1 heterocycles. The second kappa shape index (κ2) is 7.58. The number of aldehydes is 1. The van der Waals surface area contributed by atoms with Crippen LogP contribution in [0, 0.1) is 16.3 Å². The van der Waals surface area contributed by atoms with Crippen LogP contribution in [0.3, 0.4) is 0 Å². The third-order valence-corrected chi connectivity index (χ3v) is 8.08. The summed E-state index contributed by atoms with van der Waals surface area (Å²) in [6.45, 7) is 1.60. The number of sulfonamides is 1. The second-order valence-corrected chi connectivity index (χ2v) is 10.5. The molecule has 1 aromatic carbocycles. The smallest absolute Gasteiger partial charge is 0.253 e. The number of carbonyl (C=O) groups is 1. The van der Waals surface area contributed by atoms with E-state index in [1.165, 1.54) is 23.9 Å². The number of hydrogen-bond acceptors (Lipinski definition) is 4. The van der Waals surface area contributed by atoms with Crippen LogP contribution in [-0.2, 0) is 28.3 Å². The molecule has 2 aromatic rings. The zero-order valence-corrected chi connectivity index (χ0v) is 18.4. The van der Waals surface area contributed by atoms with Crippen molar-refractivity contribution in [2.75, 3.05) is 4.72 Å². The first-order valence-corrected chi connectivity index (χ1v) is 11.3. The van der Waals surface area contributed by atoms with Crippen LogP contribution in [0.1, 0.15) is 36.0 Å². The summed E-state index contributed by atoms with van der Waals surface area (Å²) in [6.07, 6.45) is 2.83. The van der Waals surface area contributed by atoms with Crippen molar-refractivity contribution in [1.29, 1.82) is 0 Å². The van der Waals surface area contributed by atoms with Crippen LogP contribution in [0.2, 0.25) is 0 Å². The minimum atomic E-state index is -3.83. The molecule has 1 aliphatic carbocycles. The summed E-state index contributed by atoms with van der Waals surface area (Å²) < 4.78 is 43.6. The van der Waals surface area contributed by atoms with Gasteiger partial charge in [-0.2, -0.15) is 0 Å². The molecule has 0 aliphatic heterocycles. The molecule has 0 bridgehead atoms. The third-order valence-electron chi connectivity index (χ3n) is 5.20. The van der Waals surface area contributed by atoms with E-state index in [0.29, 0.717) is 35.8 Å². The summed E-state index contributed by atoms with van der Waals surface area (Å²) in [5.41, 5.74) is 1.09. The van der Waals surface area contributed by atoms with Crippen molar-refractivity contribution < 1.29 is 17.6 Å². The standard InChI is InChI=1S/C19H20FIN2O4S/c1-12-15(9-13-3-4-14(21)10-16(13)20)17(11-23(2)18(12)25)22-28(26,27)19(5-6-19)7-8-24/h3-4,8,10-11,22H,5-7,9H2,1-2H3. The number of hydrogen-bond donors (Lipinski definition) is 1. The van der Waals surface area contributed by atoms with Crippen molar-refractivity contribution in [2.45, 2.75) is 37.4 Å². The fraction of sp³-hybridized carbons (Fsp3) is 0.368. The van der Waals surface area contributed by atoms with E-state index in [-0.39, 0.29) is 24.1 Å². The van der Waals surface area contributed by atoms with Gasteiger partial charge in [0.15, 0.2) is 0 Å². The van der Waals surface area contributed by atoms with Gasteiger partial charge in [-0.1, -0.05) is 6.07 Å². The first-order valence-electron chi connectivity index (χ1n) is 8.69. The minimum Gasteiger partial charge on any atom is -0.316 e. The van der Waals surface area contributed by atoms with Crippen LogP contribution in [0.5, 0.6) is 0 Å². The van der Waals surface area contributed by atoms with Crippen LogP contribution in [0.4, 0.5) is 10.1 Å². The Balaban J connectivity index is 2.06. The van der Waals surface area contributed by atoms with Gasteiger partial charge >= 0.3 is 0 Å². The van der Waals surface area contributed by atoms with Gasteiger partial charge in [0.05, 0.1) is 10.4 Å². The Kier molecular flexibility index (Phi) is 5.68. The number of nitrogens with one attached hydrogen (secondary N) is 1. The van der Waals surface area contributed by atoms with Gasteiger partial charge in [-0.15, -0.1) is 0 Å². The molecule has 150 valence electrons. The summed E-state index contributed by atoms with van der Waals surface area (Å²) in [4.78, 5) is 23.3. The molecule has 0 spiro atoms. The number of pyridine rings is 1. The quantitative estimate of drug-likeness (QED) is 0.452. The number of anilines is 1. The molecule has 9 heteroatoms. The van der Waals surface area contributed by atoms with Gasteiger partial charge in [-0.25, -0.2) is 12.8 Å². The lowest BCUT2D eigenvalue weighted by atomic mass is 10.00. The van der Waals surface area contributed by atoms with E-state index in [9.17, 15) is 22.4 Å². The van der Waals surface area contributed by atoms with Crippen LogP contribution in [-0.4, -0.2) is 24.0 Å². The molecule has 0 amide bonds. The Hall–Kier alpha value is -1.75. The molecule has 1 N–H and O–H groups in total. The van der Waals surface area contributed by atoms with E-state index >= 15 is 0 Å². The fourth-order valence-corrected chi connectivity index (χ4v) is 5.29. The summed E-state index contributed by atoms with van der Waals surface area (Å²) in [7, 11) is -2.31. The van der Waals surface area contributed by atoms with Crippen LogP contribution < -0.4 is 10.3 Å². The van der Waals surface area contributed by atoms with Crippen molar-refractivity contribution in [2.24, 2.45) is 7.05 Å². The predicted octanol–water partition coefficient (Wildman–Crippen LogP) is 2.89. The highest BCUT2D eigenvalue weighted by Gasteiger charge is 2.54. The SMILES string of the molecule is Cc1c(Cc2ccc(I)cc2F)c(NS(=O)(=O)C2(CC=O)CC2)cn(C)c1=O. The highest BCUT2D eigenvalue weighted by Crippen LogP contribution is 2.46. The lowest BCUT2D eigenvalue weighted by molar-refractivity contribution is -0.107. The molecule has 0 saturated heterocycles. The Labute approximate surface area is 176 Å². The van der Waals surface area contributed by atoms with Crippen molar-refractivity contribution >= 4 is 44.6 Å². The maximum atomic E-state index is 14.4. The third kappa shape index (κ3) is 3.86. The molecule has 6 nitrogen and oxygen atoms in total. The van der Waals surface area contributed by atoms with E-state index in [2.05, 4.69) is 4.72 Å². The summed E-state index contributed by atoms with van der Waals surface area (Å²) in [6, 6.07) is 4.77. The Bertz CT molecular complexity index is 1110. The van der Waals surface area contributed by atoms with Crippen molar-refractivity contribution in [3.8, 4) is 0 Å². The van der Waals surface area contributed by atoms with Gasteiger partial charge in [-0.05, 0) is 65.6 Å². The van der Waals surface area contributed by atoms with Gasteiger partial charge in [0, 0.05) is 35.2 Å². The minimum absolute atomic E-state index is 0.0726. The van der Waals surface area contributed by atoms with E-state index in [4.69, 9.17) is 0 Å². The number of carbonyl (C=O) groups excluding carboxylic acids is 1. The molecule has 1 aromatic heterocycles. The van der Waals surface area contributed by atoms with E-state index < -0.39 is 20.6 Å². The van der Waals surface area contributed by atoms with Crippen molar-refractivity contribution in [3.05, 3.63) is 60.8 Å². The number of aromatic nitrogens is 1. The Morgan fingerprint density at radius 1 is 1.36 bits per heavy atom. The van der Waals surface area contributed by atoms with Crippen LogP contribution in [0.15, 0.2) is 29.2 Å². The van der Waals surface area contributed by atoms with Gasteiger partial charge in [0.2, 0.25) is 10.0 Å². The zero-order valence-electron chi connectivity index (χ0n) is 15.5. The molecule has 3 rings (SSSR count). The van der Waals surface area contributed by atoms with E-state index in [1.807, 2.05) is 22.6 Å². The monoisotopic (exact) mass is 518 g/mol. The van der Waals surface area contributed by atoms with Crippen molar-refractivity contribution in [3.63, 3.8) is 0 Å². The fourth-order valence-electron chi connectivity index (χ4n) is 3.22. The molecular weight excluding hydrogens is 498 g/mol. The summed E-state index contributed by atoms with van der Waals surface area (Å²) >= 11 is 2.00. The van der Waals surface area contributed by atoms with Crippen LogP contribution in [0.25, 0.3) is 0 Å². The average molecular weight is 518 g/mol. The van der Waals surface area contributed by atoms with E-state index in [0.717, 1.165) is 3.57 Å². The highest BCUT2D eigenvalue weighted by atomic mass is 127. The average Bonchev–Trinajstić information content (AvgIpc) is 3.40. The predicted molar refractivity (Wildman–Crippen MR) is 114 cm³/mol. The topological polar surface area (TPSA) is 85.2 Å². The number of aryl methyl sites for hydroxylation is 1. The highest BCUT2D eigenvalue weighted by molar-refractivity contribution is 14.1. The molecular formula is C19H20FIN2O4S. The van der Waals surface area contributed by atoms with Gasteiger partial charge in [0.1, 0.15) is 12.1 Å². The maximum absolute atomic E-state index is 14.4. The van der Waals surface area contributed by atoms with Gasteiger partial charge < -0.3 is 9.36 Å². The lowest BCUT2D eigenvalue weighted by Gasteiger charge is -2.20. The normalized spacial score (nSPS) is 15.3. The van der Waals surface area contributed by atoms with Gasteiger partial charge in [-0.3, -0.25) is 9.52 Å². The zero-order chi connectivity index (χ0) is 20.7. The molecule has 0 atom stereocenters. The lowest BCUT2D eigenvalue weighted by Crippen LogP contribution is -2.32. The summed E-state index contributed by atoms with van der Waals surface area (Å²) in [5.74, 6) is -0.416. The van der Waals surface area contributed by atoms with E-state index in [1.54, 1.807) is 19.1 Å². The number of nitrogens with zero attached hydrogens (tertiary/aromatic N) is 1. The Morgan fingerprint density at radius 3 is 2.61 bits per heavy atom. The molecule has 1 fully saturated rings. The van der Waals surface area contributed by atoms with Crippen molar-refractivity contribution in [1.82, 2.24) is 4.57 Å². The number of halogens is 2. The summed E-state index contributed by atoms with van der Waals surface area (Å²) in [5, 5.41) is 0. The molecule has 1 aliphatic rings. The molecule has 28 heavy (non-hydrogen) atoms. The maximum Gasteiger partial charge on any atom is 0.253 e. The number of benzene rings is 1. The molecule has 0 unspecified atom stereocenters. The number of rotatable bonds is 7. The first-order chi connectivity index (χ1) is 13.1. The van der Waals surface area contributed by atoms with Gasteiger partial charge in [0.25, 0.3) is 5.56 Å².